The Hall–Kier alpha value is -1.87. The van der Waals surface area contributed by atoms with Crippen molar-refractivity contribution in [3.63, 3.8) is 0 Å². The molecular weight excluding hydrogens is 268 g/mol. The van der Waals surface area contributed by atoms with Gasteiger partial charge in [-0.3, -0.25) is 4.68 Å². The first-order valence-corrected chi connectivity index (χ1v) is 6.97. The lowest BCUT2D eigenvalue weighted by atomic mass is 10.4. The van der Waals surface area contributed by atoms with Crippen LogP contribution in [0.15, 0.2) is 23.7 Å². The molecule has 9 heteroatoms. The van der Waals surface area contributed by atoms with Gasteiger partial charge in [0.2, 0.25) is 0 Å². The number of sulfonamides is 1. The highest BCUT2D eigenvalue weighted by Crippen LogP contribution is 2.20. The van der Waals surface area contributed by atoms with E-state index in [1.807, 2.05) is 0 Å². The molecule has 0 saturated heterocycles. The van der Waals surface area contributed by atoms with Crippen molar-refractivity contribution in [1.82, 2.24) is 23.6 Å². The first-order valence-electron chi connectivity index (χ1n) is 5.53. The maximum absolute atomic E-state index is 12.4. The van der Waals surface area contributed by atoms with Crippen molar-refractivity contribution < 1.29 is 8.42 Å². The summed E-state index contributed by atoms with van der Waals surface area (Å²) in [5.74, 6) is 0.000497. The third kappa shape index (κ3) is 2.47. The maximum Gasteiger partial charge on any atom is 0.262 e. The monoisotopic (exact) mass is 284 g/mol. The molecule has 2 rings (SSSR count). The van der Waals surface area contributed by atoms with Gasteiger partial charge < -0.3 is 10.3 Å². The molecule has 2 aromatic rings. The fourth-order valence-electron chi connectivity index (χ4n) is 1.79. The Labute approximate surface area is 111 Å². The molecule has 2 aromatic heterocycles. The fraction of sp³-hybridized carbons (Fsp3) is 0.400. The molecule has 0 aromatic carbocycles. The highest BCUT2D eigenvalue weighted by Gasteiger charge is 2.27. The van der Waals surface area contributed by atoms with E-state index in [9.17, 15) is 8.42 Å². The van der Waals surface area contributed by atoms with E-state index in [0.29, 0.717) is 0 Å². The molecule has 0 amide bonds. The van der Waals surface area contributed by atoms with Gasteiger partial charge in [-0.1, -0.05) is 0 Å². The van der Waals surface area contributed by atoms with Crippen LogP contribution in [0.4, 0.5) is 5.82 Å². The molecule has 0 unspecified atom stereocenters. The molecule has 0 atom stereocenters. The normalized spacial score (nSPS) is 12.2. The molecule has 0 fully saturated rings. The third-order valence-corrected chi connectivity index (χ3v) is 4.66. The van der Waals surface area contributed by atoms with Gasteiger partial charge in [0.15, 0.2) is 10.8 Å². The van der Waals surface area contributed by atoms with E-state index in [2.05, 4.69) is 10.1 Å². The van der Waals surface area contributed by atoms with E-state index < -0.39 is 10.0 Å². The molecule has 0 saturated carbocycles. The predicted octanol–water partition coefficient (Wildman–Crippen LogP) is -0.443. The van der Waals surface area contributed by atoms with Crippen LogP contribution >= 0.6 is 0 Å². The van der Waals surface area contributed by atoms with E-state index in [-0.39, 0.29) is 17.4 Å². The zero-order valence-electron chi connectivity index (χ0n) is 11.0. The number of aromatic nitrogens is 4. The second-order valence-electron chi connectivity index (χ2n) is 4.33. The number of imidazole rings is 1. The van der Waals surface area contributed by atoms with E-state index in [1.54, 1.807) is 31.2 Å². The molecule has 0 radical (unpaired) electrons. The Morgan fingerprint density at radius 3 is 2.58 bits per heavy atom. The summed E-state index contributed by atoms with van der Waals surface area (Å²) >= 11 is 0. The minimum absolute atomic E-state index is 0.000497. The van der Waals surface area contributed by atoms with Gasteiger partial charge in [-0.2, -0.15) is 9.40 Å². The lowest BCUT2D eigenvalue weighted by Gasteiger charge is -2.16. The maximum atomic E-state index is 12.4. The van der Waals surface area contributed by atoms with Gasteiger partial charge in [0.1, 0.15) is 0 Å². The first kappa shape index (κ1) is 13.6. The highest BCUT2D eigenvalue weighted by molar-refractivity contribution is 7.89. The van der Waals surface area contributed by atoms with Crippen LogP contribution in [0.2, 0.25) is 0 Å². The van der Waals surface area contributed by atoms with E-state index in [0.717, 1.165) is 5.56 Å². The van der Waals surface area contributed by atoms with Crippen LogP contribution in [-0.2, 0) is 30.7 Å². The predicted molar refractivity (Wildman–Crippen MR) is 69.5 cm³/mol. The van der Waals surface area contributed by atoms with Crippen molar-refractivity contribution in [2.45, 2.75) is 11.6 Å². The van der Waals surface area contributed by atoms with Crippen LogP contribution in [0.1, 0.15) is 5.56 Å². The van der Waals surface area contributed by atoms with Gasteiger partial charge in [0.05, 0.1) is 12.5 Å². The number of aryl methyl sites for hydroxylation is 2. The number of nitrogen functional groups attached to an aromatic ring is 1. The fourth-order valence-corrected chi connectivity index (χ4v) is 3.14. The number of anilines is 1. The number of nitrogens with zero attached hydrogens (tertiary/aromatic N) is 5. The first-order chi connectivity index (χ1) is 8.82. The SMILES string of the molecule is CN(Cc1cnn(C)c1)S(=O)(=O)c1c(N)ncn1C. The molecular formula is C10H16N6O2S. The summed E-state index contributed by atoms with van der Waals surface area (Å²) in [6.07, 6.45) is 4.76. The summed E-state index contributed by atoms with van der Waals surface area (Å²) in [6.45, 7) is 0.223. The molecule has 0 spiro atoms. The van der Waals surface area contributed by atoms with Crippen molar-refractivity contribution in [2.24, 2.45) is 14.1 Å². The molecule has 2 heterocycles. The number of nitrogens with two attached hydrogens (primary N) is 1. The minimum Gasteiger partial charge on any atom is -0.381 e. The van der Waals surface area contributed by atoms with Gasteiger partial charge in [-0.25, -0.2) is 13.4 Å². The van der Waals surface area contributed by atoms with Crippen LogP contribution in [0.3, 0.4) is 0 Å². The summed E-state index contributed by atoms with van der Waals surface area (Å²) in [7, 11) is 1.19. The standard InChI is InChI=1S/C10H16N6O2S/c1-14-7-12-9(11)10(14)19(17,18)16(3)6-8-4-13-15(2)5-8/h4-5,7H,6,11H2,1-3H3. The average molecular weight is 284 g/mol. The van der Waals surface area contributed by atoms with Crippen molar-refractivity contribution in [2.75, 3.05) is 12.8 Å². The summed E-state index contributed by atoms with van der Waals surface area (Å²) < 4.78 is 29.0. The molecule has 19 heavy (non-hydrogen) atoms. The summed E-state index contributed by atoms with van der Waals surface area (Å²) in [4.78, 5) is 3.79. The molecule has 2 N–H and O–H groups in total. The quantitative estimate of drug-likeness (QED) is 0.820. The summed E-state index contributed by atoms with van der Waals surface area (Å²) in [6, 6.07) is 0. The van der Waals surface area contributed by atoms with E-state index >= 15 is 0 Å². The third-order valence-electron chi connectivity index (χ3n) is 2.73. The number of hydrogen-bond acceptors (Lipinski definition) is 5. The molecule has 104 valence electrons. The van der Waals surface area contributed by atoms with Crippen LogP contribution in [0.25, 0.3) is 0 Å². The average Bonchev–Trinajstić information content (AvgIpc) is 2.85. The lowest BCUT2D eigenvalue weighted by molar-refractivity contribution is 0.460. The van der Waals surface area contributed by atoms with E-state index in [4.69, 9.17) is 5.73 Å². The van der Waals surface area contributed by atoms with Crippen LogP contribution in [-0.4, -0.2) is 39.1 Å². The molecule has 0 aliphatic carbocycles. The topological polar surface area (TPSA) is 99.0 Å². The number of rotatable bonds is 4. The second kappa shape index (κ2) is 4.67. The Morgan fingerprint density at radius 2 is 2.11 bits per heavy atom. The summed E-state index contributed by atoms with van der Waals surface area (Å²) in [5, 5.41) is 4.00. The lowest BCUT2D eigenvalue weighted by Crippen LogP contribution is -2.28. The van der Waals surface area contributed by atoms with Gasteiger partial charge in [-0.05, 0) is 0 Å². The second-order valence-corrected chi connectivity index (χ2v) is 6.29. The van der Waals surface area contributed by atoms with Crippen LogP contribution < -0.4 is 5.73 Å². The Kier molecular flexibility index (Phi) is 3.33. The van der Waals surface area contributed by atoms with Crippen molar-refractivity contribution in [1.29, 1.82) is 0 Å². The largest absolute Gasteiger partial charge is 0.381 e. The van der Waals surface area contributed by atoms with Crippen molar-refractivity contribution in [3.8, 4) is 0 Å². The minimum atomic E-state index is -3.67. The molecule has 0 bridgehead atoms. The van der Waals surface area contributed by atoms with Gasteiger partial charge in [0.25, 0.3) is 10.0 Å². The summed E-state index contributed by atoms with van der Waals surface area (Å²) in [5.41, 5.74) is 6.41. The Bertz CT molecular complexity index is 667. The van der Waals surface area contributed by atoms with Gasteiger partial charge in [-0.15, -0.1) is 0 Å². The number of hydrogen-bond donors (Lipinski definition) is 1. The zero-order chi connectivity index (χ0) is 14.2. The highest BCUT2D eigenvalue weighted by atomic mass is 32.2. The van der Waals surface area contributed by atoms with E-state index in [1.165, 1.54) is 22.2 Å². The molecule has 0 aliphatic rings. The zero-order valence-corrected chi connectivity index (χ0v) is 11.8. The molecule has 8 nitrogen and oxygen atoms in total. The van der Waals surface area contributed by atoms with Crippen molar-refractivity contribution in [3.05, 3.63) is 24.3 Å². The Morgan fingerprint density at radius 1 is 1.42 bits per heavy atom. The van der Waals surface area contributed by atoms with Crippen molar-refractivity contribution >= 4 is 15.8 Å². The van der Waals surface area contributed by atoms with Gasteiger partial charge in [0, 0.05) is 39.4 Å². The smallest absolute Gasteiger partial charge is 0.262 e. The molecule has 0 aliphatic heterocycles. The van der Waals surface area contributed by atoms with Crippen LogP contribution in [0, 0.1) is 0 Å². The Balaban J connectivity index is 2.30. The van der Waals surface area contributed by atoms with Gasteiger partial charge >= 0.3 is 0 Å². The van der Waals surface area contributed by atoms with Crippen LogP contribution in [0.5, 0.6) is 0 Å².